The van der Waals surface area contributed by atoms with Gasteiger partial charge in [0.25, 0.3) is 0 Å². The molecule has 1 saturated heterocycles. The molecule has 1 aromatic carbocycles. The van der Waals surface area contributed by atoms with Crippen molar-refractivity contribution in [3.8, 4) is 0 Å². The minimum absolute atomic E-state index is 0.179. The predicted molar refractivity (Wildman–Crippen MR) is 85.9 cm³/mol. The summed E-state index contributed by atoms with van der Waals surface area (Å²) >= 11 is 0. The zero-order valence-electron chi connectivity index (χ0n) is 12.7. The van der Waals surface area contributed by atoms with Gasteiger partial charge in [0.15, 0.2) is 0 Å². The fourth-order valence-corrected chi connectivity index (χ4v) is 3.41. The minimum Gasteiger partial charge on any atom is -0.375 e. The van der Waals surface area contributed by atoms with Crippen LogP contribution >= 0.6 is 0 Å². The van der Waals surface area contributed by atoms with E-state index in [1.54, 1.807) is 12.1 Å². The average Bonchev–Trinajstić information content (AvgIpc) is 2.90. The molecule has 0 bridgehead atoms. The summed E-state index contributed by atoms with van der Waals surface area (Å²) in [6, 6.07) is 5.04. The zero-order valence-corrected chi connectivity index (χ0v) is 12.7. The van der Waals surface area contributed by atoms with Crippen LogP contribution in [-0.4, -0.2) is 23.0 Å². The van der Waals surface area contributed by atoms with Crippen LogP contribution < -0.4 is 0 Å². The number of H-pyrrole nitrogens is 1. The van der Waals surface area contributed by atoms with E-state index in [2.05, 4.69) is 29.6 Å². The molecule has 0 aliphatic carbocycles. The third-order valence-corrected chi connectivity index (χ3v) is 4.60. The van der Waals surface area contributed by atoms with Crippen LogP contribution in [0.15, 0.2) is 36.7 Å². The Bertz CT molecular complexity index is 636. The van der Waals surface area contributed by atoms with Crippen LogP contribution in [-0.2, 0) is 0 Å². The molecule has 2 nitrogen and oxygen atoms in total. The van der Waals surface area contributed by atoms with Gasteiger partial charge in [-0.05, 0) is 48.9 Å². The van der Waals surface area contributed by atoms with Crippen molar-refractivity contribution >= 4 is 10.9 Å². The molecule has 0 radical (unpaired) electrons. The van der Waals surface area contributed by atoms with Crippen LogP contribution in [0.1, 0.15) is 44.1 Å². The van der Waals surface area contributed by atoms with Gasteiger partial charge >= 0.3 is 0 Å². The van der Waals surface area contributed by atoms with E-state index in [0.29, 0.717) is 5.92 Å². The predicted octanol–water partition coefficient (Wildman–Crippen LogP) is 4.80. The number of piperidine rings is 1. The van der Waals surface area contributed by atoms with E-state index in [4.69, 9.17) is 0 Å². The summed E-state index contributed by atoms with van der Waals surface area (Å²) in [5.41, 5.74) is 3.52. The molecular weight excluding hydrogens is 263 g/mol. The first-order chi connectivity index (χ1) is 10.2. The van der Waals surface area contributed by atoms with E-state index in [-0.39, 0.29) is 5.82 Å². The number of aromatic amines is 1. The second-order valence-electron chi connectivity index (χ2n) is 6.01. The third-order valence-electron chi connectivity index (χ3n) is 4.60. The molecule has 0 spiro atoms. The molecule has 2 heterocycles. The maximum Gasteiger partial charge on any atom is 0.125 e. The molecule has 112 valence electrons. The summed E-state index contributed by atoms with van der Waals surface area (Å²) in [5, 5.41) is 1.17. The van der Waals surface area contributed by atoms with Gasteiger partial charge in [-0.15, -0.1) is 0 Å². The van der Waals surface area contributed by atoms with Crippen LogP contribution in [0.5, 0.6) is 0 Å². The summed E-state index contributed by atoms with van der Waals surface area (Å²) < 4.78 is 13.3. The summed E-state index contributed by atoms with van der Waals surface area (Å²) in [4.78, 5) is 5.63. The smallest absolute Gasteiger partial charge is 0.125 e. The third kappa shape index (κ3) is 2.82. The van der Waals surface area contributed by atoms with Gasteiger partial charge < -0.3 is 9.88 Å². The molecule has 1 aliphatic heterocycles. The SMILES string of the molecule is C=C(CCC)N1CCC(c2c[nH]c3cc(F)ccc23)CC1. The van der Waals surface area contributed by atoms with Crippen LogP contribution in [0.4, 0.5) is 4.39 Å². The van der Waals surface area contributed by atoms with Gasteiger partial charge in [0.05, 0.1) is 0 Å². The van der Waals surface area contributed by atoms with Crippen molar-refractivity contribution in [2.75, 3.05) is 13.1 Å². The highest BCUT2D eigenvalue weighted by atomic mass is 19.1. The van der Waals surface area contributed by atoms with Crippen molar-refractivity contribution in [1.82, 2.24) is 9.88 Å². The number of aromatic nitrogens is 1. The second-order valence-corrected chi connectivity index (χ2v) is 6.01. The summed E-state index contributed by atoms with van der Waals surface area (Å²) in [6.45, 7) is 8.55. The van der Waals surface area contributed by atoms with Crippen LogP contribution in [0, 0.1) is 5.82 Å². The molecule has 1 aliphatic rings. The molecule has 2 aromatic rings. The molecule has 3 heteroatoms. The Kier molecular flexibility index (Phi) is 4.00. The number of allylic oxidation sites excluding steroid dienone is 1. The molecular formula is C18H23FN2. The first-order valence-corrected chi connectivity index (χ1v) is 7.88. The molecule has 0 unspecified atom stereocenters. The van der Waals surface area contributed by atoms with E-state index in [9.17, 15) is 4.39 Å². The highest BCUT2D eigenvalue weighted by Gasteiger charge is 2.23. The molecule has 1 N–H and O–H groups in total. The van der Waals surface area contributed by atoms with Crippen LogP contribution in [0.25, 0.3) is 10.9 Å². The number of nitrogens with zero attached hydrogens (tertiary/aromatic N) is 1. The van der Waals surface area contributed by atoms with Crippen molar-refractivity contribution in [3.05, 3.63) is 48.1 Å². The fraction of sp³-hybridized carbons (Fsp3) is 0.444. The molecule has 21 heavy (non-hydrogen) atoms. The number of halogens is 1. The number of hydrogen-bond donors (Lipinski definition) is 1. The lowest BCUT2D eigenvalue weighted by molar-refractivity contribution is 0.257. The van der Waals surface area contributed by atoms with Crippen molar-refractivity contribution in [2.24, 2.45) is 0 Å². The van der Waals surface area contributed by atoms with E-state index >= 15 is 0 Å². The summed E-state index contributed by atoms with van der Waals surface area (Å²) in [6.07, 6.45) is 6.61. The topological polar surface area (TPSA) is 19.0 Å². The number of nitrogens with one attached hydrogen (secondary N) is 1. The Labute approximate surface area is 125 Å². The van der Waals surface area contributed by atoms with Crippen molar-refractivity contribution in [2.45, 2.75) is 38.5 Å². The van der Waals surface area contributed by atoms with Gasteiger partial charge in [0, 0.05) is 35.9 Å². The van der Waals surface area contributed by atoms with E-state index in [1.807, 2.05) is 6.07 Å². The quantitative estimate of drug-likeness (QED) is 0.855. The highest BCUT2D eigenvalue weighted by Crippen LogP contribution is 2.34. The maximum absolute atomic E-state index is 13.3. The van der Waals surface area contributed by atoms with Gasteiger partial charge in [-0.3, -0.25) is 0 Å². The second kappa shape index (κ2) is 5.92. The lowest BCUT2D eigenvalue weighted by Crippen LogP contribution is -2.31. The molecule has 0 saturated carbocycles. The summed E-state index contributed by atoms with van der Waals surface area (Å²) in [5.74, 6) is 0.386. The van der Waals surface area contributed by atoms with Gasteiger partial charge in [-0.1, -0.05) is 19.9 Å². The molecule has 3 rings (SSSR count). The van der Waals surface area contributed by atoms with E-state index < -0.39 is 0 Å². The van der Waals surface area contributed by atoms with Gasteiger partial charge in [0.1, 0.15) is 5.82 Å². The Morgan fingerprint density at radius 3 is 2.86 bits per heavy atom. The van der Waals surface area contributed by atoms with Crippen molar-refractivity contribution < 1.29 is 4.39 Å². The number of benzene rings is 1. The van der Waals surface area contributed by atoms with Gasteiger partial charge in [-0.25, -0.2) is 4.39 Å². The first-order valence-electron chi connectivity index (χ1n) is 7.88. The monoisotopic (exact) mass is 286 g/mol. The Balaban J connectivity index is 1.72. The molecule has 1 fully saturated rings. The minimum atomic E-state index is -0.179. The Morgan fingerprint density at radius 1 is 1.38 bits per heavy atom. The average molecular weight is 286 g/mol. The zero-order chi connectivity index (χ0) is 14.8. The van der Waals surface area contributed by atoms with Crippen LogP contribution in [0.3, 0.4) is 0 Å². The lowest BCUT2D eigenvalue weighted by atomic mass is 9.89. The standard InChI is InChI=1S/C18H23FN2/c1-3-4-13(2)21-9-7-14(8-10-21)17-12-20-18-11-15(19)5-6-16(17)18/h5-6,11-12,14,20H,2-4,7-10H2,1H3. The Hall–Kier alpha value is -1.77. The Morgan fingerprint density at radius 2 is 2.14 bits per heavy atom. The first kappa shape index (κ1) is 14.2. The largest absolute Gasteiger partial charge is 0.375 e. The van der Waals surface area contributed by atoms with Crippen molar-refractivity contribution in [3.63, 3.8) is 0 Å². The summed E-state index contributed by atoms with van der Waals surface area (Å²) in [7, 11) is 0. The normalized spacial score (nSPS) is 16.6. The lowest BCUT2D eigenvalue weighted by Gasteiger charge is -2.34. The number of fused-ring (bicyclic) bond motifs is 1. The van der Waals surface area contributed by atoms with E-state index in [0.717, 1.165) is 44.3 Å². The molecule has 0 atom stereocenters. The number of hydrogen-bond acceptors (Lipinski definition) is 1. The van der Waals surface area contributed by atoms with Crippen LogP contribution in [0.2, 0.25) is 0 Å². The van der Waals surface area contributed by atoms with Gasteiger partial charge in [-0.2, -0.15) is 0 Å². The van der Waals surface area contributed by atoms with Crippen molar-refractivity contribution in [1.29, 1.82) is 0 Å². The fourth-order valence-electron chi connectivity index (χ4n) is 3.41. The van der Waals surface area contributed by atoms with Gasteiger partial charge in [0.2, 0.25) is 0 Å². The number of rotatable bonds is 4. The highest BCUT2D eigenvalue weighted by molar-refractivity contribution is 5.83. The molecule has 1 aromatic heterocycles. The molecule has 0 amide bonds. The maximum atomic E-state index is 13.3. The number of likely N-dealkylation sites (tertiary alicyclic amines) is 1. The van der Waals surface area contributed by atoms with E-state index in [1.165, 1.54) is 16.6 Å².